The molecule has 1 aromatic rings. The van der Waals surface area contributed by atoms with Gasteiger partial charge in [0.1, 0.15) is 18.0 Å². The van der Waals surface area contributed by atoms with Crippen molar-refractivity contribution in [3.8, 4) is 0 Å². The van der Waals surface area contributed by atoms with Crippen LogP contribution in [0.2, 0.25) is 0 Å². The summed E-state index contributed by atoms with van der Waals surface area (Å²) in [6.45, 7) is 11.2. The molecule has 5 nitrogen and oxygen atoms in total. The summed E-state index contributed by atoms with van der Waals surface area (Å²) in [6, 6.07) is 0. The molecule has 108 valence electrons. The first-order chi connectivity index (χ1) is 9.15. The van der Waals surface area contributed by atoms with Crippen LogP contribution in [-0.4, -0.2) is 41.3 Å². The largest absolute Gasteiger partial charge is 0.396 e. The molecule has 0 fully saturated rings. The zero-order valence-electron chi connectivity index (χ0n) is 12.5. The molecule has 0 aromatic carbocycles. The van der Waals surface area contributed by atoms with Crippen molar-refractivity contribution in [1.82, 2.24) is 9.97 Å². The van der Waals surface area contributed by atoms with Gasteiger partial charge in [0.05, 0.1) is 0 Å². The van der Waals surface area contributed by atoms with E-state index in [1.165, 1.54) is 0 Å². The Bertz CT molecular complexity index is 382. The third kappa shape index (κ3) is 4.06. The van der Waals surface area contributed by atoms with Crippen molar-refractivity contribution in [2.75, 3.05) is 36.5 Å². The molecule has 0 aliphatic carbocycles. The number of aliphatic hydroxyl groups excluding tert-OH is 1. The van der Waals surface area contributed by atoms with Crippen LogP contribution in [-0.2, 0) is 0 Å². The van der Waals surface area contributed by atoms with Crippen LogP contribution in [0, 0.1) is 0 Å². The number of nitrogens with zero attached hydrogens (tertiary/aromatic N) is 3. The lowest BCUT2D eigenvalue weighted by molar-refractivity contribution is 0.289. The van der Waals surface area contributed by atoms with Crippen molar-refractivity contribution in [3.05, 3.63) is 11.9 Å². The summed E-state index contributed by atoms with van der Waals surface area (Å²) in [5.41, 5.74) is 1.16. The lowest BCUT2D eigenvalue weighted by atomic mass is 10.0. The van der Waals surface area contributed by atoms with Gasteiger partial charge in [-0.2, -0.15) is 0 Å². The molecule has 2 N–H and O–H groups in total. The van der Waals surface area contributed by atoms with E-state index in [0.717, 1.165) is 43.3 Å². The van der Waals surface area contributed by atoms with Gasteiger partial charge in [-0.3, -0.25) is 0 Å². The molecule has 0 aliphatic heterocycles. The van der Waals surface area contributed by atoms with Crippen molar-refractivity contribution < 1.29 is 5.11 Å². The molecule has 5 heteroatoms. The van der Waals surface area contributed by atoms with E-state index in [0.29, 0.717) is 5.92 Å². The number of hydrogen-bond donors (Lipinski definition) is 2. The lowest BCUT2D eigenvalue weighted by Gasteiger charge is -2.26. The van der Waals surface area contributed by atoms with E-state index < -0.39 is 0 Å². The molecule has 0 spiro atoms. The summed E-state index contributed by atoms with van der Waals surface area (Å²) >= 11 is 0. The van der Waals surface area contributed by atoms with E-state index in [2.05, 4.69) is 47.9 Å². The summed E-state index contributed by atoms with van der Waals surface area (Å²) < 4.78 is 0. The summed E-state index contributed by atoms with van der Waals surface area (Å²) in [7, 11) is 0. The Morgan fingerprint density at radius 2 is 2.05 bits per heavy atom. The van der Waals surface area contributed by atoms with Crippen LogP contribution in [0.5, 0.6) is 0 Å². The number of aliphatic hydroxyl groups is 1. The summed E-state index contributed by atoms with van der Waals surface area (Å²) in [4.78, 5) is 11.0. The average molecular weight is 266 g/mol. The zero-order valence-corrected chi connectivity index (χ0v) is 12.5. The Morgan fingerprint density at radius 1 is 1.32 bits per heavy atom. The fourth-order valence-corrected chi connectivity index (χ4v) is 2.15. The minimum atomic E-state index is 0.207. The third-order valence-electron chi connectivity index (χ3n) is 3.05. The van der Waals surface area contributed by atoms with Gasteiger partial charge in [0.15, 0.2) is 0 Å². The molecule has 0 saturated carbocycles. The molecule has 19 heavy (non-hydrogen) atoms. The van der Waals surface area contributed by atoms with Crippen LogP contribution in [0.4, 0.5) is 11.6 Å². The van der Waals surface area contributed by atoms with E-state index in [4.69, 9.17) is 5.11 Å². The van der Waals surface area contributed by atoms with Gasteiger partial charge in [0.2, 0.25) is 0 Å². The predicted molar refractivity (Wildman–Crippen MR) is 79.9 cm³/mol. The van der Waals surface area contributed by atoms with Gasteiger partial charge in [0, 0.05) is 31.8 Å². The molecule has 0 amide bonds. The Balaban J connectivity index is 3.12. The second-order valence-corrected chi connectivity index (χ2v) is 4.80. The summed E-state index contributed by atoms with van der Waals surface area (Å²) in [6.07, 6.45) is 2.37. The van der Waals surface area contributed by atoms with Gasteiger partial charge < -0.3 is 15.3 Å². The molecular weight excluding hydrogens is 240 g/mol. The highest BCUT2D eigenvalue weighted by atomic mass is 16.3. The smallest absolute Gasteiger partial charge is 0.137 e. The van der Waals surface area contributed by atoms with Crippen molar-refractivity contribution >= 4 is 11.6 Å². The number of nitrogens with one attached hydrogen (secondary N) is 1. The highest BCUT2D eigenvalue weighted by Gasteiger charge is 2.18. The third-order valence-corrected chi connectivity index (χ3v) is 3.05. The normalized spacial score (nSPS) is 10.8. The molecule has 1 aromatic heterocycles. The molecule has 0 radical (unpaired) electrons. The monoisotopic (exact) mass is 266 g/mol. The molecule has 1 heterocycles. The van der Waals surface area contributed by atoms with E-state index in [9.17, 15) is 0 Å². The fourth-order valence-electron chi connectivity index (χ4n) is 2.15. The van der Waals surface area contributed by atoms with Crippen LogP contribution in [0.1, 0.15) is 45.6 Å². The maximum Gasteiger partial charge on any atom is 0.137 e. The summed E-state index contributed by atoms with van der Waals surface area (Å²) in [5, 5.41) is 12.3. The van der Waals surface area contributed by atoms with Gasteiger partial charge >= 0.3 is 0 Å². The second kappa shape index (κ2) is 7.94. The first-order valence-electron chi connectivity index (χ1n) is 7.10. The van der Waals surface area contributed by atoms with Gasteiger partial charge in [-0.1, -0.05) is 13.8 Å². The van der Waals surface area contributed by atoms with E-state index >= 15 is 0 Å². The molecule has 1 rings (SSSR count). The molecule has 0 saturated heterocycles. The van der Waals surface area contributed by atoms with Gasteiger partial charge in [-0.15, -0.1) is 0 Å². The minimum Gasteiger partial charge on any atom is -0.396 e. The molecule has 0 atom stereocenters. The minimum absolute atomic E-state index is 0.207. The zero-order chi connectivity index (χ0) is 14.3. The molecule has 0 bridgehead atoms. The Morgan fingerprint density at radius 3 is 2.58 bits per heavy atom. The van der Waals surface area contributed by atoms with Crippen LogP contribution >= 0.6 is 0 Å². The molecule has 0 aliphatic rings. The number of hydrogen-bond acceptors (Lipinski definition) is 5. The Labute approximate surface area is 116 Å². The van der Waals surface area contributed by atoms with Gasteiger partial charge in [0.25, 0.3) is 0 Å². The average Bonchev–Trinajstić information content (AvgIpc) is 2.40. The van der Waals surface area contributed by atoms with Crippen molar-refractivity contribution in [2.45, 2.75) is 40.0 Å². The number of anilines is 2. The van der Waals surface area contributed by atoms with Gasteiger partial charge in [-0.05, 0) is 26.2 Å². The standard InChI is InChI=1S/C14H26N4O/c1-5-15-13-12(11(3)4)14(17-10-16-13)18(6-2)8-7-9-19/h10-11,19H,5-9H2,1-4H3,(H,15,16,17). The first kappa shape index (κ1) is 15.7. The SMILES string of the molecule is CCNc1ncnc(N(CC)CCCO)c1C(C)C. The predicted octanol–water partition coefficient (Wildman–Crippen LogP) is 2.24. The summed E-state index contributed by atoms with van der Waals surface area (Å²) in [5.74, 6) is 2.26. The Hall–Kier alpha value is -1.36. The van der Waals surface area contributed by atoms with Crippen LogP contribution in [0.25, 0.3) is 0 Å². The van der Waals surface area contributed by atoms with E-state index in [1.807, 2.05) is 0 Å². The van der Waals surface area contributed by atoms with Crippen LogP contribution < -0.4 is 10.2 Å². The van der Waals surface area contributed by atoms with Crippen molar-refractivity contribution in [1.29, 1.82) is 0 Å². The van der Waals surface area contributed by atoms with E-state index in [1.54, 1.807) is 6.33 Å². The maximum atomic E-state index is 9.00. The number of rotatable bonds is 8. The second-order valence-electron chi connectivity index (χ2n) is 4.80. The van der Waals surface area contributed by atoms with Gasteiger partial charge in [-0.25, -0.2) is 9.97 Å². The quantitative estimate of drug-likeness (QED) is 0.755. The highest BCUT2D eigenvalue weighted by Crippen LogP contribution is 2.30. The first-order valence-corrected chi connectivity index (χ1v) is 7.10. The Kier molecular flexibility index (Phi) is 6.56. The molecule has 0 unspecified atom stereocenters. The lowest BCUT2D eigenvalue weighted by Crippen LogP contribution is -2.27. The van der Waals surface area contributed by atoms with Crippen molar-refractivity contribution in [3.63, 3.8) is 0 Å². The van der Waals surface area contributed by atoms with Crippen molar-refractivity contribution in [2.24, 2.45) is 0 Å². The number of aromatic nitrogens is 2. The topological polar surface area (TPSA) is 61.3 Å². The van der Waals surface area contributed by atoms with Crippen LogP contribution in [0.3, 0.4) is 0 Å². The fraction of sp³-hybridized carbons (Fsp3) is 0.714. The molecular formula is C14H26N4O. The maximum absolute atomic E-state index is 9.00. The highest BCUT2D eigenvalue weighted by molar-refractivity contribution is 5.60. The van der Waals surface area contributed by atoms with E-state index in [-0.39, 0.29) is 6.61 Å². The van der Waals surface area contributed by atoms with Crippen LogP contribution in [0.15, 0.2) is 6.33 Å².